The summed E-state index contributed by atoms with van der Waals surface area (Å²) in [4.78, 5) is 29.9. The first-order valence-electron chi connectivity index (χ1n) is 11.1. The van der Waals surface area contributed by atoms with Crippen molar-refractivity contribution in [2.45, 2.75) is 39.5 Å². The number of aromatic nitrogens is 2. The molecule has 0 radical (unpaired) electrons. The molecule has 12 nitrogen and oxygen atoms in total. The molecular weight excluding hydrogens is 496 g/mol. The van der Waals surface area contributed by atoms with Crippen molar-refractivity contribution in [2.75, 3.05) is 47.8 Å². The van der Waals surface area contributed by atoms with Gasteiger partial charge in [0.2, 0.25) is 5.69 Å². The number of methoxy groups -OCH3 is 3. The van der Waals surface area contributed by atoms with Gasteiger partial charge in [0.25, 0.3) is 15.7 Å². The van der Waals surface area contributed by atoms with Gasteiger partial charge in [-0.05, 0) is 37.1 Å². The van der Waals surface area contributed by atoms with Crippen LogP contribution >= 0.6 is 0 Å². The Morgan fingerprint density at radius 1 is 1.03 bits per heavy atom. The Kier molecular flexibility index (Phi) is 10.9. The Morgan fingerprint density at radius 2 is 1.61 bits per heavy atom. The number of rotatable bonds is 14. The third-order valence-corrected chi connectivity index (χ3v) is 6.29. The molecule has 2 rings (SSSR count). The van der Waals surface area contributed by atoms with Crippen LogP contribution in [0.2, 0.25) is 0 Å². The highest BCUT2D eigenvalue weighted by Crippen LogP contribution is 2.22. The number of ether oxygens (including phenoxy) is 5. The van der Waals surface area contributed by atoms with Crippen molar-refractivity contribution in [3.8, 4) is 0 Å². The molecule has 1 heterocycles. The number of hydrogen-bond acceptors (Lipinski definition) is 11. The molecule has 0 N–H and O–H groups in total. The largest absolute Gasteiger partial charge is 0.464 e. The summed E-state index contributed by atoms with van der Waals surface area (Å²) in [6, 6.07) is 3.59. The SMILES string of the molecule is COCO[C@@H](Cn1c(=O)c(C(=O)OC)nc2cc(C)c(C)cc21)[C@H](C)[C@@H](COS(C)(=O)=O)OCOC. The van der Waals surface area contributed by atoms with Gasteiger partial charge in [-0.2, -0.15) is 8.42 Å². The van der Waals surface area contributed by atoms with Crippen molar-refractivity contribution < 1.29 is 41.1 Å². The van der Waals surface area contributed by atoms with E-state index in [4.69, 9.17) is 27.9 Å². The number of fused-ring (bicyclic) bond motifs is 1. The molecule has 3 atom stereocenters. The average Bonchev–Trinajstić information content (AvgIpc) is 2.82. The van der Waals surface area contributed by atoms with Gasteiger partial charge >= 0.3 is 5.97 Å². The van der Waals surface area contributed by atoms with E-state index >= 15 is 0 Å². The highest BCUT2D eigenvalue weighted by molar-refractivity contribution is 7.85. The molecule has 13 heteroatoms. The summed E-state index contributed by atoms with van der Waals surface area (Å²) in [5, 5.41) is 0. The number of aryl methyl sites for hydroxylation is 2. The van der Waals surface area contributed by atoms with Gasteiger partial charge in [-0.15, -0.1) is 0 Å². The fourth-order valence-electron chi connectivity index (χ4n) is 3.55. The van der Waals surface area contributed by atoms with E-state index in [9.17, 15) is 18.0 Å². The van der Waals surface area contributed by atoms with E-state index in [2.05, 4.69) is 4.98 Å². The van der Waals surface area contributed by atoms with Gasteiger partial charge < -0.3 is 28.3 Å². The Morgan fingerprint density at radius 3 is 2.17 bits per heavy atom. The Bertz CT molecular complexity index is 1210. The van der Waals surface area contributed by atoms with Crippen LogP contribution in [0.25, 0.3) is 11.0 Å². The van der Waals surface area contributed by atoms with E-state index in [0.717, 1.165) is 17.4 Å². The van der Waals surface area contributed by atoms with Gasteiger partial charge in [-0.25, -0.2) is 9.78 Å². The van der Waals surface area contributed by atoms with Crippen molar-refractivity contribution in [1.29, 1.82) is 0 Å². The van der Waals surface area contributed by atoms with Crippen molar-refractivity contribution in [3.63, 3.8) is 0 Å². The van der Waals surface area contributed by atoms with Gasteiger partial charge in [0.05, 0.1) is 49.8 Å². The number of benzene rings is 1. The zero-order chi connectivity index (χ0) is 27.0. The van der Waals surface area contributed by atoms with Crippen molar-refractivity contribution in [1.82, 2.24) is 9.55 Å². The van der Waals surface area contributed by atoms with Crippen LogP contribution in [0.3, 0.4) is 0 Å². The van der Waals surface area contributed by atoms with Crippen LogP contribution in [0, 0.1) is 19.8 Å². The summed E-state index contributed by atoms with van der Waals surface area (Å²) >= 11 is 0. The fourth-order valence-corrected chi connectivity index (χ4v) is 3.93. The van der Waals surface area contributed by atoms with Crippen molar-refractivity contribution in [2.24, 2.45) is 5.92 Å². The van der Waals surface area contributed by atoms with E-state index in [1.807, 2.05) is 19.9 Å². The Balaban J connectivity index is 2.59. The van der Waals surface area contributed by atoms with E-state index in [-0.39, 0.29) is 32.4 Å². The van der Waals surface area contributed by atoms with Crippen LogP contribution in [0.15, 0.2) is 16.9 Å². The van der Waals surface area contributed by atoms with Crippen LogP contribution in [-0.2, 0) is 44.5 Å². The maximum absolute atomic E-state index is 13.4. The van der Waals surface area contributed by atoms with Gasteiger partial charge in [0.1, 0.15) is 13.6 Å². The molecule has 0 fully saturated rings. The lowest BCUT2D eigenvalue weighted by Crippen LogP contribution is -2.42. The predicted molar refractivity (Wildman–Crippen MR) is 130 cm³/mol. The van der Waals surface area contributed by atoms with E-state index in [0.29, 0.717) is 11.0 Å². The summed E-state index contributed by atoms with van der Waals surface area (Å²) in [5.41, 5.74) is 1.77. The first-order valence-corrected chi connectivity index (χ1v) is 12.9. The lowest BCUT2D eigenvalue weighted by molar-refractivity contribution is -0.149. The summed E-state index contributed by atoms with van der Waals surface area (Å²) in [5.74, 6) is -1.38. The Labute approximate surface area is 210 Å². The molecule has 2 aromatic rings. The Hall–Kier alpha value is -2.42. The first-order chi connectivity index (χ1) is 16.9. The fraction of sp³-hybridized carbons (Fsp3) is 0.609. The molecular formula is C23H34N2O10S. The first kappa shape index (κ1) is 29.8. The third-order valence-electron chi connectivity index (χ3n) is 5.72. The highest BCUT2D eigenvalue weighted by atomic mass is 32.2. The maximum Gasteiger partial charge on any atom is 0.362 e. The van der Waals surface area contributed by atoms with E-state index in [1.165, 1.54) is 25.9 Å². The molecule has 0 aliphatic carbocycles. The molecule has 0 saturated carbocycles. The molecule has 0 spiro atoms. The normalized spacial score (nSPS) is 14.5. The predicted octanol–water partition coefficient (Wildman–Crippen LogP) is 1.39. The number of carbonyl (C=O) groups is 1. The van der Waals surface area contributed by atoms with E-state index < -0.39 is 39.8 Å². The number of hydrogen-bond donors (Lipinski definition) is 0. The molecule has 0 unspecified atom stereocenters. The topological polar surface area (TPSA) is 141 Å². The summed E-state index contributed by atoms with van der Waals surface area (Å²) < 4.78 is 55.9. The second kappa shape index (κ2) is 13.2. The lowest BCUT2D eigenvalue weighted by Gasteiger charge is -2.31. The zero-order valence-electron chi connectivity index (χ0n) is 21.6. The van der Waals surface area contributed by atoms with Gasteiger partial charge in [0.15, 0.2) is 0 Å². The minimum Gasteiger partial charge on any atom is -0.464 e. The number of carbonyl (C=O) groups excluding carboxylic acids is 1. The number of esters is 1. The lowest BCUT2D eigenvalue weighted by atomic mass is 9.97. The second-order valence-electron chi connectivity index (χ2n) is 8.36. The monoisotopic (exact) mass is 530 g/mol. The van der Waals surface area contributed by atoms with Crippen molar-refractivity contribution >= 4 is 27.1 Å². The number of nitrogens with zero attached hydrogens (tertiary/aromatic N) is 2. The van der Waals surface area contributed by atoms with Gasteiger partial charge in [-0.1, -0.05) is 6.92 Å². The molecule has 0 amide bonds. The standard InChI is InChI=1S/C23H34N2O10S/c1-14-8-17-18(9-15(14)2)25(22(26)21(24-17)23(27)32-6)10-19(33-12-30-4)16(3)20(34-13-31-5)11-35-36(7,28)29/h8-9,16,19-20H,10-13H2,1-7H3/t16-,19-,20+/m0/s1. The molecule has 1 aromatic carbocycles. The van der Waals surface area contributed by atoms with Crippen molar-refractivity contribution in [3.05, 3.63) is 39.3 Å². The van der Waals surface area contributed by atoms with Crippen LogP contribution in [0.1, 0.15) is 28.5 Å². The zero-order valence-corrected chi connectivity index (χ0v) is 22.4. The molecule has 202 valence electrons. The molecule has 0 aliphatic heterocycles. The molecule has 0 bridgehead atoms. The third kappa shape index (κ3) is 7.79. The molecule has 0 aliphatic rings. The van der Waals surface area contributed by atoms with Crippen LogP contribution in [-0.4, -0.2) is 83.9 Å². The van der Waals surface area contributed by atoms with Crippen LogP contribution < -0.4 is 5.56 Å². The molecule has 0 saturated heterocycles. The minimum absolute atomic E-state index is 0.0272. The summed E-state index contributed by atoms with van der Waals surface area (Å²) in [6.07, 6.45) is -0.578. The van der Waals surface area contributed by atoms with E-state index in [1.54, 1.807) is 13.0 Å². The highest BCUT2D eigenvalue weighted by Gasteiger charge is 2.31. The minimum atomic E-state index is -3.74. The quantitative estimate of drug-likeness (QED) is 0.199. The average molecular weight is 531 g/mol. The molecule has 36 heavy (non-hydrogen) atoms. The van der Waals surface area contributed by atoms with Crippen LogP contribution in [0.4, 0.5) is 0 Å². The molecule has 1 aromatic heterocycles. The second-order valence-corrected chi connectivity index (χ2v) is 10.0. The van der Waals surface area contributed by atoms with Gasteiger partial charge in [0, 0.05) is 20.1 Å². The summed E-state index contributed by atoms with van der Waals surface area (Å²) in [7, 11) is 0.305. The van der Waals surface area contributed by atoms with Crippen LogP contribution in [0.5, 0.6) is 0 Å². The van der Waals surface area contributed by atoms with Gasteiger partial charge in [-0.3, -0.25) is 8.98 Å². The summed E-state index contributed by atoms with van der Waals surface area (Å²) in [6.45, 7) is 5.00. The maximum atomic E-state index is 13.4. The smallest absolute Gasteiger partial charge is 0.362 e.